The van der Waals surface area contributed by atoms with Crippen molar-refractivity contribution in [1.82, 2.24) is 0 Å². The highest BCUT2D eigenvalue weighted by Crippen LogP contribution is 2.40. The van der Waals surface area contributed by atoms with E-state index in [-0.39, 0.29) is 0 Å². The molecule has 0 atom stereocenters. The number of nitrogens with one attached hydrogen (secondary N) is 1. The predicted molar refractivity (Wildman–Crippen MR) is 74.1 cm³/mol. The van der Waals surface area contributed by atoms with Crippen molar-refractivity contribution in [2.24, 2.45) is 11.1 Å². The van der Waals surface area contributed by atoms with Gasteiger partial charge in [-0.3, -0.25) is 0 Å². The van der Waals surface area contributed by atoms with E-state index in [4.69, 9.17) is 10.5 Å². The molecule has 18 heavy (non-hydrogen) atoms. The van der Waals surface area contributed by atoms with Gasteiger partial charge in [0.2, 0.25) is 0 Å². The third-order valence-electron chi connectivity index (χ3n) is 4.42. The summed E-state index contributed by atoms with van der Waals surface area (Å²) < 4.78 is 5.63. The van der Waals surface area contributed by atoms with Gasteiger partial charge in [-0.25, -0.2) is 0 Å². The highest BCUT2D eigenvalue weighted by molar-refractivity contribution is 5.52. The van der Waals surface area contributed by atoms with E-state index in [0.29, 0.717) is 5.41 Å². The first-order chi connectivity index (χ1) is 8.81. The number of hydrogen-bond acceptors (Lipinski definition) is 3. The second kappa shape index (κ2) is 4.81. The zero-order valence-corrected chi connectivity index (χ0v) is 10.9. The maximum atomic E-state index is 5.88. The van der Waals surface area contributed by atoms with Crippen LogP contribution >= 0.6 is 0 Å². The number of hydrogen-bond donors (Lipinski definition) is 2. The first-order valence-corrected chi connectivity index (χ1v) is 7.01. The molecule has 0 unspecified atom stereocenters. The molecule has 1 saturated carbocycles. The van der Waals surface area contributed by atoms with Gasteiger partial charge in [0.05, 0.1) is 6.61 Å². The lowest BCUT2D eigenvalue weighted by Gasteiger charge is -2.41. The molecule has 1 aliphatic heterocycles. The Labute approximate surface area is 109 Å². The molecule has 3 heteroatoms. The van der Waals surface area contributed by atoms with Crippen molar-refractivity contribution >= 4 is 5.69 Å². The summed E-state index contributed by atoms with van der Waals surface area (Å²) in [6.07, 6.45) is 6.13. The predicted octanol–water partition coefficient (Wildman–Crippen LogP) is 2.55. The molecular weight excluding hydrogens is 224 g/mol. The van der Waals surface area contributed by atoms with Gasteiger partial charge in [-0.05, 0) is 61.4 Å². The van der Waals surface area contributed by atoms with Crippen molar-refractivity contribution < 1.29 is 4.74 Å². The fourth-order valence-electron chi connectivity index (χ4n) is 2.89. The monoisotopic (exact) mass is 246 g/mol. The summed E-state index contributed by atoms with van der Waals surface area (Å²) in [6, 6.07) is 6.44. The largest absolute Gasteiger partial charge is 0.493 e. The lowest BCUT2D eigenvalue weighted by Crippen LogP contribution is -2.42. The first kappa shape index (κ1) is 11.8. The van der Waals surface area contributed by atoms with Gasteiger partial charge in [-0.15, -0.1) is 0 Å². The smallest absolute Gasteiger partial charge is 0.122 e. The molecule has 3 rings (SSSR count). The van der Waals surface area contributed by atoms with E-state index in [1.54, 1.807) is 0 Å². The van der Waals surface area contributed by atoms with Crippen LogP contribution in [-0.4, -0.2) is 19.7 Å². The van der Waals surface area contributed by atoms with Gasteiger partial charge in [0, 0.05) is 12.2 Å². The number of nitrogens with two attached hydrogens (primary N) is 1. The molecule has 1 fully saturated rings. The molecule has 0 radical (unpaired) electrons. The fraction of sp³-hybridized carbons (Fsp3) is 0.600. The minimum absolute atomic E-state index is 0.354. The van der Waals surface area contributed by atoms with Crippen molar-refractivity contribution in [3.05, 3.63) is 23.8 Å². The van der Waals surface area contributed by atoms with Crippen LogP contribution in [0, 0.1) is 5.41 Å². The van der Waals surface area contributed by atoms with E-state index in [1.165, 1.54) is 30.5 Å². The van der Waals surface area contributed by atoms with E-state index in [2.05, 4.69) is 23.5 Å². The van der Waals surface area contributed by atoms with Crippen LogP contribution in [0.2, 0.25) is 0 Å². The van der Waals surface area contributed by atoms with Gasteiger partial charge in [-0.2, -0.15) is 0 Å². The Morgan fingerprint density at radius 1 is 1.28 bits per heavy atom. The van der Waals surface area contributed by atoms with E-state index in [0.717, 1.165) is 38.3 Å². The van der Waals surface area contributed by atoms with Gasteiger partial charge >= 0.3 is 0 Å². The number of fused-ring (bicyclic) bond motifs is 1. The summed E-state index contributed by atoms with van der Waals surface area (Å²) in [6.45, 7) is 2.66. The van der Waals surface area contributed by atoms with Crippen molar-refractivity contribution in [3.8, 4) is 5.75 Å². The van der Waals surface area contributed by atoms with Crippen LogP contribution < -0.4 is 15.8 Å². The first-order valence-electron chi connectivity index (χ1n) is 7.01. The zero-order valence-electron chi connectivity index (χ0n) is 10.9. The average molecular weight is 246 g/mol. The lowest BCUT2D eigenvalue weighted by atomic mass is 9.69. The number of benzene rings is 1. The summed E-state index contributed by atoms with van der Waals surface area (Å²) >= 11 is 0. The van der Waals surface area contributed by atoms with Gasteiger partial charge < -0.3 is 15.8 Å². The molecule has 0 amide bonds. The van der Waals surface area contributed by atoms with Crippen LogP contribution in [0.5, 0.6) is 5.75 Å². The maximum absolute atomic E-state index is 5.88. The number of aryl methyl sites for hydroxylation is 1. The van der Waals surface area contributed by atoms with Gasteiger partial charge in [0.25, 0.3) is 0 Å². The number of anilines is 1. The Kier molecular flexibility index (Phi) is 3.16. The standard InChI is InChI=1S/C15H22N2O/c16-10-15(6-2-7-15)11-17-13-4-5-14-12(9-13)3-1-8-18-14/h4-5,9,17H,1-3,6-8,10-11,16H2. The van der Waals surface area contributed by atoms with Crippen molar-refractivity contribution in [3.63, 3.8) is 0 Å². The second-order valence-corrected chi connectivity index (χ2v) is 5.69. The summed E-state index contributed by atoms with van der Waals surface area (Å²) in [5.41, 5.74) is 8.78. The number of ether oxygens (including phenoxy) is 1. The Morgan fingerprint density at radius 2 is 2.17 bits per heavy atom. The van der Waals surface area contributed by atoms with Crippen LogP contribution in [0.4, 0.5) is 5.69 Å². The topological polar surface area (TPSA) is 47.3 Å². The zero-order chi connectivity index (χ0) is 12.4. The maximum Gasteiger partial charge on any atom is 0.122 e. The fourth-order valence-corrected chi connectivity index (χ4v) is 2.89. The van der Waals surface area contributed by atoms with Crippen LogP contribution in [0.25, 0.3) is 0 Å². The molecule has 0 bridgehead atoms. The quantitative estimate of drug-likeness (QED) is 0.858. The van der Waals surface area contributed by atoms with Crippen LogP contribution in [0.15, 0.2) is 18.2 Å². The summed E-state index contributed by atoms with van der Waals surface area (Å²) in [4.78, 5) is 0. The SMILES string of the molecule is NCC1(CNc2ccc3c(c2)CCCO3)CCC1. The molecule has 98 valence electrons. The highest BCUT2D eigenvalue weighted by atomic mass is 16.5. The van der Waals surface area contributed by atoms with Crippen LogP contribution in [0.1, 0.15) is 31.2 Å². The molecular formula is C15H22N2O. The van der Waals surface area contributed by atoms with Gasteiger partial charge in [0.15, 0.2) is 0 Å². The molecule has 1 heterocycles. The third kappa shape index (κ3) is 2.19. The average Bonchev–Trinajstić information content (AvgIpc) is 2.38. The van der Waals surface area contributed by atoms with Crippen molar-refractivity contribution in [2.75, 3.05) is 25.0 Å². The summed E-state index contributed by atoms with van der Waals surface area (Å²) in [5.74, 6) is 1.06. The van der Waals surface area contributed by atoms with Crippen LogP contribution in [0.3, 0.4) is 0 Å². The van der Waals surface area contributed by atoms with Crippen LogP contribution in [-0.2, 0) is 6.42 Å². The Bertz CT molecular complexity index is 421. The van der Waals surface area contributed by atoms with Crippen molar-refractivity contribution in [2.45, 2.75) is 32.1 Å². The molecule has 3 N–H and O–H groups in total. The van der Waals surface area contributed by atoms with Gasteiger partial charge in [0.1, 0.15) is 5.75 Å². The number of rotatable bonds is 4. The molecule has 3 nitrogen and oxygen atoms in total. The lowest BCUT2D eigenvalue weighted by molar-refractivity contribution is 0.163. The Hall–Kier alpha value is -1.22. The molecule has 0 aromatic heterocycles. The third-order valence-corrected chi connectivity index (χ3v) is 4.42. The Morgan fingerprint density at radius 3 is 2.89 bits per heavy atom. The highest BCUT2D eigenvalue weighted by Gasteiger charge is 2.35. The van der Waals surface area contributed by atoms with E-state index < -0.39 is 0 Å². The van der Waals surface area contributed by atoms with E-state index in [9.17, 15) is 0 Å². The molecule has 2 aliphatic rings. The van der Waals surface area contributed by atoms with Gasteiger partial charge in [-0.1, -0.05) is 6.42 Å². The molecule has 1 aromatic rings. The molecule has 0 spiro atoms. The summed E-state index contributed by atoms with van der Waals surface area (Å²) in [7, 11) is 0. The molecule has 1 aromatic carbocycles. The van der Waals surface area contributed by atoms with E-state index >= 15 is 0 Å². The minimum Gasteiger partial charge on any atom is -0.493 e. The van der Waals surface area contributed by atoms with Crippen molar-refractivity contribution in [1.29, 1.82) is 0 Å². The molecule has 1 aliphatic carbocycles. The normalized spacial score (nSPS) is 20.5. The second-order valence-electron chi connectivity index (χ2n) is 5.69. The van der Waals surface area contributed by atoms with E-state index in [1.807, 2.05) is 0 Å². The summed E-state index contributed by atoms with van der Waals surface area (Å²) in [5, 5.41) is 3.55. The molecule has 0 saturated heterocycles. The minimum atomic E-state index is 0.354. The Balaban J connectivity index is 1.66.